The van der Waals surface area contributed by atoms with Crippen molar-refractivity contribution < 1.29 is 4.79 Å². The highest BCUT2D eigenvalue weighted by atomic mass is 32.1. The molecule has 4 rings (SSSR count). The lowest BCUT2D eigenvalue weighted by Crippen LogP contribution is -2.13. The van der Waals surface area contributed by atoms with Gasteiger partial charge in [-0.1, -0.05) is 0 Å². The maximum atomic E-state index is 12.5. The Labute approximate surface area is 137 Å². The zero-order valence-corrected chi connectivity index (χ0v) is 13.6. The number of thiophene rings is 1. The van der Waals surface area contributed by atoms with Gasteiger partial charge in [-0.05, 0) is 38.3 Å². The van der Waals surface area contributed by atoms with Gasteiger partial charge in [0.05, 0.1) is 10.6 Å². The third-order valence-electron chi connectivity index (χ3n) is 3.93. The third-order valence-corrected chi connectivity index (χ3v) is 5.11. The molecule has 1 N–H and O–H groups in total. The molecule has 1 amide bonds. The molecule has 1 aliphatic rings. The number of hydrogen-bond donors (Lipinski definition) is 1. The Morgan fingerprint density at radius 3 is 2.65 bits per heavy atom. The molecule has 116 valence electrons. The van der Waals surface area contributed by atoms with Gasteiger partial charge in [0.1, 0.15) is 10.7 Å². The number of hydrogen-bond acceptors (Lipinski definition) is 6. The van der Waals surface area contributed by atoms with Gasteiger partial charge in [0, 0.05) is 23.7 Å². The lowest BCUT2D eigenvalue weighted by atomic mass is 10.1. The summed E-state index contributed by atoms with van der Waals surface area (Å²) in [6.45, 7) is 3.92. The van der Waals surface area contributed by atoms with Crippen LogP contribution in [0.5, 0.6) is 0 Å². The van der Waals surface area contributed by atoms with E-state index >= 15 is 0 Å². The molecular weight excluding hydrogens is 310 g/mol. The van der Waals surface area contributed by atoms with Gasteiger partial charge >= 0.3 is 0 Å². The highest BCUT2D eigenvalue weighted by Crippen LogP contribution is 2.40. The number of fused-ring (bicyclic) bond motifs is 1. The van der Waals surface area contributed by atoms with Crippen LogP contribution in [-0.2, 0) is 0 Å². The normalized spacial score (nSPS) is 14.2. The lowest BCUT2D eigenvalue weighted by molar-refractivity contribution is 0.102. The number of aromatic nitrogens is 4. The van der Waals surface area contributed by atoms with E-state index < -0.39 is 0 Å². The standard InChI is InChI=1S/C16H15N5OS/c1-8-11-9(2)19-13(10-4-5-10)20-15(11)23-12(8)14(22)21-16-17-6-3-7-18-16/h3,6-7,10H,4-5H2,1-2H3,(H,17,18,21,22). The molecule has 1 aliphatic carbocycles. The predicted molar refractivity (Wildman–Crippen MR) is 88.8 cm³/mol. The van der Waals surface area contributed by atoms with Gasteiger partial charge in [-0.3, -0.25) is 10.1 Å². The molecule has 0 spiro atoms. The second kappa shape index (κ2) is 5.34. The summed E-state index contributed by atoms with van der Waals surface area (Å²) >= 11 is 1.41. The molecule has 0 aliphatic heterocycles. The zero-order chi connectivity index (χ0) is 16.0. The van der Waals surface area contributed by atoms with Crippen molar-refractivity contribution in [2.75, 3.05) is 5.32 Å². The second-order valence-electron chi connectivity index (χ2n) is 5.70. The number of carbonyl (C=O) groups excluding carboxylic acids is 1. The Kier molecular flexibility index (Phi) is 3.30. The number of aryl methyl sites for hydroxylation is 2. The molecule has 3 aromatic heterocycles. The van der Waals surface area contributed by atoms with Crippen LogP contribution < -0.4 is 5.32 Å². The van der Waals surface area contributed by atoms with Gasteiger partial charge < -0.3 is 0 Å². The summed E-state index contributed by atoms with van der Waals surface area (Å²) < 4.78 is 0. The summed E-state index contributed by atoms with van der Waals surface area (Å²) in [6.07, 6.45) is 5.51. The molecule has 0 bridgehead atoms. The van der Waals surface area contributed by atoms with Gasteiger partial charge in [0.15, 0.2) is 0 Å². The molecule has 0 saturated heterocycles. The Balaban J connectivity index is 1.73. The van der Waals surface area contributed by atoms with E-state index in [4.69, 9.17) is 0 Å². The predicted octanol–water partition coefficient (Wildman–Crippen LogP) is 3.23. The highest BCUT2D eigenvalue weighted by Gasteiger charge is 2.28. The monoisotopic (exact) mass is 325 g/mol. The van der Waals surface area contributed by atoms with Crippen LogP contribution in [0.25, 0.3) is 10.2 Å². The van der Waals surface area contributed by atoms with Crippen molar-refractivity contribution in [1.82, 2.24) is 19.9 Å². The van der Waals surface area contributed by atoms with E-state index in [1.807, 2.05) is 13.8 Å². The molecule has 0 atom stereocenters. The van der Waals surface area contributed by atoms with Crippen LogP contribution in [0.1, 0.15) is 45.5 Å². The minimum atomic E-state index is -0.205. The van der Waals surface area contributed by atoms with E-state index in [1.54, 1.807) is 18.5 Å². The van der Waals surface area contributed by atoms with Crippen LogP contribution in [0.2, 0.25) is 0 Å². The van der Waals surface area contributed by atoms with Gasteiger partial charge in [0.2, 0.25) is 5.95 Å². The molecule has 23 heavy (non-hydrogen) atoms. The van der Waals surface area contributed by atoms with Crippen LogP contribution in [-0.4, -0.2) is 25.8 Å². The Hall–Kier alpha value is -2.41. The molecule has 7 heteroatoms. The summed E-state index contributed by atoms with van der Waals surface area (Å²) in [4.78, 5) is 31.4. The van der Waals surface area contributed by atoms with Crippen LogP contribution >= 0.6 is 11.3 Å². The fourth-order valence-electron chi connectivity index (χ4n) is 2.62. The second-order valence-corrected chi connectivity index (χ2v) is 6.70. The first-order valence-corrected chi connectivity index (χ1v) is 8.31. The van der Waals surface area contributed by atoms with Gasteiger partial charge in [0.25, 0.3) is 5.91 Å². The van der Waals surface area contributed by atoms with Gasteiger partial charge in [-0.2, -0.15) is 0 Å². The van der Waals surface area contributed by atoms with Crippen LogP contribution in [0, 0.1) is 13.8 Å². The molecule has 0 radical (unpaired) electrons. The van der Waals surface area contributed by atoms with E-state index in [9.17, 15) is 4.79 Å². The summed E-state index contributed by atoms with van der Waals surface area (Å²) in [5, 5.41) is 3.72. The van der Waals surface area contributed by atoms with Crippen LogP contribution in [0.3, 0.4) is 0 Å². The van der Waals surface area contributed by atoms with Gasteiger partial charge in [-0.15, -0.1) is 11.3 Å². The maximum absolute atomic E-state index is 12.5. The molecule has 0 unspecified atom stereocenters. The van der Waals surface area contributed by atoms with Crippen molar-refractivity contribution in [2.45, 2.75) is 32.6 Å². The molecular formula is C16H15N5OS. The average Bonchev–Trinajstić information content (AvgIpc) is 3.32. The van der Waals surface area contributed by atoms with E-state index in [0.29, 0.717) is 16.7 Å². The summed E-state index contributed by atoms with van der Waals surface area (Å²) in [5.74, 6) is 1.50. The number of nitrogens with zero attached hydrogens (tertiary/aromatic N) is 4. The topological polar surface area (TPSA) is 80.7 Å². The fraction of sp³-hybridized carbons (Fsp3) is 0.312. The number of anilines is 1. The van der Waals surface area contributed by atoms with E-state index in [2.05, 4.69) is 25.3 Å². The quantitative estimate of drug-likeness (QED) is 0.799. The number of amides is 1. The van der Waals surface area contributed by atoms with E-state index in [0.717, 1.165) is 40.1 Å². The van der Waals surface area contributed by atoms with Crippen molar-refractivity contribution >= 4 is 33.4 Å². The zero-order valence-electron chi connectivity index (χ0n) is 12.8. The van der Waals surface area contributed by atoms with E-state index in [1.165, 1.54) is 11.3 Å². The Morgan fingerprint density at radius 1 is 1.22 bits per heavy atom. The van der Waals surface area contributed by atoms with Gasteiger partial charge in [-0.25, -0.2) is 19.9 Å². The first-order valence-electron chi connectivity index (χ1n) is 7.49. The van der Waals surface area contributed by atoms with Crippen molar-refractivity contribution in [3.05, 3.63) is 40.4 Å². The third kappa shape index (κ3) is 2.57. The van der Waals surface area contributed by atoms with Crippen molar-refractivity contribution in [3.8, 4) is 0 Å². The minimum Gasteiger partial charge on any atom is -0.290 e. The number of nitrogens with one attached hydrogen (secondary N) is 1. The number of carbonyl (C=O) groups is 1. The average molecular weight is 325 g/mol. The number of rotatable bonds is 3. The Morgan fingerprint density at radius 2 is 1.96 bits per heavy atom. The van der Waals surface area contributed by atoms with Crippen LogP contribution in [0.15, 0.2) is 18.5 Å². The lowest BCUT2D eigenvalue weighted by Gasteiger charge is -2.02. The largest absolute Gasteiger partial charge is 0.290 e. The summed E-state index contributed by atoms with van der Waals surface area (Å²) in [7, 11) is 0. The molecule has 3 aromatic rings. The van der Waals surface area contributed by atoms with E-state index in [-0.39, 0.29) is 5.91 Å². The first kappa shape index (κ1) is 14.2. The molecule has 6 nitrogen and oxygen atoms in total. The maximum Gasteiger partial charge on any atom is 0.268 e. The first-order chi connectivity index (χ1) is 11.1. The smallest absolute Gasteiger partial charge is 0.268 e. The molecule has 1 saturated carbocycles. The summed E-state index contributed by atoms with van der Waals surface area (Å²) in [6, 6.07) is 1.71. The minimum absolute atomic E-state index is 0.205. The highest BCUT2D eigenvalue weighted by molar-refractivity contribution is 7.20. The molecule has 3 heterocycles. The Bertz CT molecular complexity index is 902. The van der Waals surface area contributed by atoms with Crippen molar-refractivity contribution in [1.29, 1.82) is 0 Å². The SMILES string of the molecule is Cc1nc(C2CC2)nc2sc(C(=O)Nc3ncccn3)c(C)c12. The molecule has 0 aromatic carbocycles. The van der Waals surface area contributed by atoms with Crippen molar-refractivity contribution in [3.63, 3.8) is 0 Å². The molecule has 1 fully saturated rings. The van der Waals surface area contributed by atoms with Crippen LogP contribution in [0.4, 0.5) is 5.95 Å². The van der Waals surface area contributed by atoms with Crippen molar-refractivity contribution in [2.24, 2.45) is 0 Å². The fourth-order valence-corrected chi connectivity index (χ4v) is 3.76. The summed E-state index contributed by atoms with van der Waals surface area (Å²) in [5.41, 5.74) is 1.86.